The van der Waals surface area contributed by atoms with Gasteiger partial charge in [-0.1, -0.05) is 163 Å². The van der Waals surface area contributed by atoms with Crippen LogP contribution < -0.4 is 0 Å². The van der Waals surface area contributed by atoms with Crippen molar-refractivity contribution >= 4 is 164 Å². The zero-order chi connectivity index (χ0) is 71.2. The van der Waals surface area contributed by atoms with Gasteiger partial charge in [-0.3, -0.25) is 9.59 Å². The summed E-state index contributed by atoms with van der Waals surface area (Å²) in [6, 6.07) is 7.48. The third-order valence-corrected chi connectivity index (χ3v) is 26.0. The molecule has 2 aliphatic carbocycles. The Kier molecular flexibility index (Phi) is 23.1. The monoisotopic (exact) mass is 1440 g/mol. The molecule has 7 heterocycles. The van der Waals surface area contributed by atoms with Crippen molar-refractivity contribution < 1.29 is 27.2 Å². The number of fused-ring (bicyclic) bond motifs is 16. The minimum absolute atomic E-state index is 0.00582. The van der Waals surface area contributed by atoms with Crippen LogP contribution in [-0.2, 0) is 25.9 Å². The van der Waals surface area contributed by atoms with E-state index in [1.807, 2.05) is 12.1 Å². The van der Waals surface area contributed by atoms with E-state index in [1.165, 1.54) is 87.3 Å². The average Bonchev–Trinajstić information content (AvgIpc) is 1.51. The molecule has 101 heavy (non-hydrogen) atoms. The number of rotatable bonds is 31. The van der Waals surface area contributed by atoms with E-state index in [2.05, 4.69) is 71.2 Å². The molecule has 7 aromatic heterocycles. The Morgan fingerprint density at radius 1 is 0.535 bits per heavy atom. The first-order valence-corrected chi connectivity index (χ1v) is 39.8. The Morgan fingerprint density at radius 3 is 1.33 bits per heavy atom. The molecular weight excluding hydrogens is 1370 g/mol. The molecule has 19 heteroatoms. The van der Waals surface area contributed by atoms with Crippen molar-refractivity contribution in [3.63, 3.8) is 0 Å². The number of aryl methyl sites for hydroxylation is 2. The van der Waals surface area contributed by atoms with Gasteiger partial charge in [0, 0.05) is 73.0 Å². The second-order valence-electron chi connectivity index (χ2n) is 26.8. The predicted octanol–water partition coefficient (Wildman–Crippen LogP) is 24.9. The highest BCUT2D eigenvalue weighted by molar-refractivity contribution is 7.34. The molecule has 0 fully saturated rings. The van der Waals surface area contributed by atoms with E-state index >= 15 is 17.6 Å². The molecule has 0 spiro atoms. The zero-order valence-electron chi connectivity index (χ0n) is 57.7. The van der Waals surface area contributed by atoms with E-state index in [0.29, 0.717) is 32.4 Å². The first kappa shape index (κ1) is 72.3. The number of allylic oxidation sites excluding steroid dienone is 6. The number of terminal acetylenes is 1. The fourth-order valence-electron chi connectivity index (χ4n) is 15.1. The van der Waals surface area contributed by atoms with Gasteiger partial charge in [0.25, 0.3) is 11.4 Å². The summed E-state index contributed by atoms with van der Waals surface area (Å²) in [4.78, 5) is 38.0. The highest BCUT2D eigenvalue weighted by atomic mass is 32.1. The van der Waals surface area contributed by atoms with Crippen LogP contribution in [0.5, 0.6) is 0 Å². The van der Waals surface area contributed by atoms with E-state index in [4.69, 9.17) is 28.3 Å². The summed E-state index contributed by atoms with van der Waals surface area (Å²) < 4.78 is 82.3. The lowest BCUT2D eigenvalue weighted by molar-refractivity contribution is 0.103. The van der Waals surface area contributed by atoms with Crippen LogP contribution in [0.4, 0.5) is 17.6 Å². The SMILES string of the molecule is [C-]#[N+]/C(C#N)=C1\C(=C\c2sc3c(sc4c5c6nsnc6c6c7sc8c(CCCCCCCCCCC)c(/C=C9\C(=O)c%10cc(F)c(F)cc%10\C9=C(\C#N)[N+]#[C-])sc8c7n(CC(CC)CCCC)c6c5n(CC(C#CC#C)CC)c34)c2CCCCCCCCCCC)C(=O)c2cc(F)c(F)cc21. The van der Waals surface area contributed by atoms with Crippen LogP contribution in [-0.4, -0.2) is 29.4 Å². The second kappa shape index (κ2) is 32.2. The number of benzene rings is 3. The lowest BCUT2D eigenvalue weighted by Crippen LogP contribution is -2.12. The van der Waals surface area contributed by atoms with Crippen molar-refractivity contribution in [3.05, 3.63) is 136 Å². The molecule has 0 N–H and O–H groups in total. The lowest BCUT2D eigenvalue weighted by atomic mass is 9.99. The largest absolute Gasteiger partial charge is 0.337 e. The van der Waals surface area contributed by atoms with E-state index in [9.17, 15) is 20.1 Å². The number of aromatic nitrogens is 4. The summed E-state index contributed by atoms with van der Waals surface area (Å²) in [7, 11) is 0. The van der Waals surface area contributed by atoms with Gasteiger partial charge >= 0.3 is 0 Å². The van der Waals surface area contributed by atoms with Crippen LogP contribution in [0.1, 0.15) is 235 Å². The number of Topliss-reactive ketones (excluding diaryl/α,β-unsaturated/α-hetero) is 2. The van der Waals surface area contributed by atoms with Gasteiger partial charge in [-0.05, 0) is 115 Å². The van der Waals surface area contributed by atoms with Crippen LogP contribution in [0, 0.1) is 95.1 Å². The Balaban J connectivity index is 1.14. The fraction of sp³-hybridized carbons (Fsp3) is 0.415. The van der Waals surface area contributed by atoms with E-state index in [0.717, 1.165) is 194 Å². The molecule has 0 aliphatic heterocycles. The molecule has 3 aromatic carbocycles. The van der Waals surface area contributed by atoms with Crippen LogP contribution in [0.2, 0.25) is 0 Å². The van der Waals surface area contributed by atoms with Crippen LogP contribution in [0.25, 0.3) is 105 Å². The summed E-state index contributed by atoms with van der Waals surface area (Å²) in [6.07, 6.45) is 35.4. The number of ketones is 2. The summed E-state index contributed by atoms with van der Waals surface area (Å²) in [6.45, 7) is 28.3. The van der Waals surface area contributed by atoms with Crippen molar-refractivity contribution in [3.8, 4) is 36.3 Å². The van der Waals surface area contributed by atoms with Crippen LogP contribution in [0.15, 0.2) is 46.8 Å². The Morgan fingerprint density at radius 2 is 0.941 bits per heavy atom. The maximum absolute atomic E-state index is 15.2. The predicted molar refractivity (Wildman–Crippen MR) is 411 cm³/mol. The van der Waals surface area contributed by atoms with Crippen molar-refractivity contribution in [1.82, 2.24) is 17.9 Å². The summed E-state index contributed by atoms with van der Waals surface area (Å²) in [5, 5.41) is 22.8. The number of halogens is 4. The third-order valence-electron chi connectivity index (χ3n) is 20.4. The number of unbranched alkanes of at least 4 members (excludes halogenated alkanes) is 17. The normalized spacial score (nSPS) is 15.4. The van der Waals surface area contributed by atoms with Crippen molar-refractivity contribution in [1.29, 1.82) is 10.5 Å². The van der Waals surface area contributed by atoms with Gasteiger partial charge in [0.2, 0.25) is 0 Å². The number of thiophene rings is 4. The first-order chi connectivity index (χ1) is 49.2. The van der Waals surface area contributed by atoms with Crippen molar-refractivity contribution in [2.24, 2.45) is 11.8 Å². The molecule has 0 saturated carbocycles. The molecule has 0 radical (unpaired) electrons. The summed E-state index contributed by atoms with van der Waals surface area (Å²) >= 11 is 7.65. The van der Waals surface area contributed by atoms with Gasteiger partial charge in [0.15, 0.2) is 34.8 Å². The lowest BCUT2D eigenvalue weighted by Gasteiger charge is -2.19. The maximum atomic E-state index is 15.2. The molecule has 10 aromatic rings. The molecule has 12 rings (SSSR count). The number of nitrogens with zero attached hydrogens (tertiary/aromatic N) is 8. The minimum Gasteiger partial charge on any atom is -0.337 e. The Labute approximate surface area is 607 Å². The molecule has 2 aliphatic rings. The number of carbonyl (C=O) groups excluding carboxylic acids is 2. The zero-order valence-corrected chi connectivity index (χ0v) is 61.8. The topological polar surface area (TPSA) is 126 Å². The van der Waals surface area contributed by atoms with E-state index in [-0.39, 0.29) is 62.1 Å². The summed E-state index contributed by atoms with van der Waals surface area (Å²) in [5.74, 6) is 3.02. The minimum atomic E-state index is -1.20. The highest BCUT2D eigenvalue weighted by Gasteiger charge is 2.38. The Hall–Kier alpha value is -8.50. The van der Waals surface area contributed by atoms with Gasteiger partial charge in [-0.15, -0.1) is 51.8 Å². The highest BCUT2D eigenvalue weighted by Crippen LogP contribution is 2.56. The quantitative estimate of drug-likeness (QED) is 0.0106. The van der Waals surface area contributed by atoms with Crippen LogP contribution in [0.3, 0.4) is 0 Å². The van der Waals surface area contributed by atoms with Crippen LogP contribution >= 0.6 is 57.1 Å². The standard InChI is InChI=1S/C82H78F4N8O2S5/c1-9-15-19-21-23-25-27-29-31-35-49-63(41-55-65(61(43-87)89-7)51-37-57(83)59(85)39-53(51)75(55)95)97-81-73-79(99-77(49)81)67-69-70(92-101-91-69)68-72(71(67)93(73)45-47(13-5)33-17-11-3)94(46-48(14-6)34-18-12-4)74-80(68)100-78-50(36-32-30-28-26-24-22-20-16-10-2)64(98-82(74)78)42-56-66(62(44-88)90-8)52-38-58(84)60(86)40-54(52)76(56)96/h3,37-42,47-48H,9-10,12-16,18-32,34-36,45-46H2,1-2,4-6H3/b55-41-,56-42-,65-61-,66-62+. The molecule has 0 saturated heterocycles. The van der Waals surface area contributed by atoms with E-state index in [1.54, 1.807) is 46.2 Å². The van der Waals surface area contributed by atoms with Gasteiger partial charge in [0.1, 0.15) is 11.0 Å². The van der Waals surface area contributed by atoms with E-state index < -0.39 is 40.5 Å². The molecular formula is C82H78F4N8O2S5. The second-order valence-corrected chi connectivity index (χ2v) is 31.5. The Bertz CT molecular complexity index is 5360. The summed E-state index contributed by atoms with van der Waals surface area (Å²) in [5.41, 5.74) is 6.60. The molecule has 0 bridgehead atoms. The average molecular weight is 1440 g/mol. The van der Waals surface area contributed by atoms with Gasteiger partial charge < -0.3 is 9.13 Å². The number of carbonyl (C=O) groups is 2. The smallest absolute Gasteiger partial charge is 0.270 e. The number of nitriles is 2. The van der Waals surface area contributed by atoms with Gasteiger partial charge in [-0.2, -0.15) is 8.75 Å². The maximum Gasteiger partial charge on any atom is 0.270 e. The molecule has 0 amide bonds. The number of hydrogen-bond acceptors (Lipinski definition) is 11. The van der Waals surface area contributed by atoms with Gasteiger partial charge in [0.05, 0.1) is 87.3 Å². The first-order valence-electron chi connectivity index (χ1n) is 35.8. The third kappa shape index (κ3) is 13.7. The van der Waals surface area contributed by atoms with Crippen molar-refractivity contribution in [2.45, 2.75) is 208 Å². The molecule has 2 atom stereocenters. The van der Waals surface area contributed by atoms with Gasteiger partial charge in [-0.25, -0.2) is 37.8 Å². The molecule has 10 nitrogen and oxygen atoms in total. The molecule has 516 valence electrons. The fourth-order valence-corrected chi connectivity index (χ4v) is 21.6. The number of hydrogen-bond donors (Lipinski definition) is 0. The van der Waals surface area contributed by atoms with Crippen molar-refractivity contribution in [2.75, 3.05) is 0 Å². The molecule has 2 unspecified atom stereocenters.